The van der Waals surface area contributed by atoms with Crippen molar-refractivity contribution in [2.24, 2.45) is 0 Å². The van der Waals surface area contributed by atoms with Crippen molar-refractivity contribution in [1.82, 2.24) is 15.0 Å². The average Bonchev–Trinajstić information content (AvgIpc) is 2.55. The van der Waals surface area contributed by atoms with Gasteiger partial charge in [-0.15, -0.1) is 0 Å². The van der Waals surface area contributed by atoms with E-state index in [0.717, 1.165) is 11.1 Å². The van der Waals surface area contributed by atoms with E-state index in [2.05, 4.69) is 15.0 Å². The molecule has 0 saturated heterocycles. The van der Waals surface area contributed by atoms with Crippen molar-refractivity contribution >= 4 is 5.97 Å². The molecule has 21 heavy (non-hydrogen) atoms. The van der Waals surface area contributed by atoms with Crippen LogP contribution in [0.2, 0.25) is 0 Å². The SMILES string of the molecule is O=C(O)c1ncccc1-c1ncccc1-c1cccnc1. The van der Waals surface area contributed by atoms with Crippen LogP contribution in [-0.4, -0.2) is 26.0 Å². The lowest BCUT2D eigenvalue weighted by molar-refractivity contribution is 0.0691. The molecule has 0 radical (unpaired) electrons. The fourth-order valence-corrected chi connectivity index (χ4v) is 2.14. The fourth-order valence-electron chi connectivity index (χ4n) is 2.14. The van der Waals surface area contributed by atoms with Crippen LogP contribution in [0.3, 0.4) is 0 Å². The Balaban J connectivity index is 2.24. The number of aromatic carboxylic acids is 1. The number of hydrogen-bond acceptors (Lipinski definition) is 4. The first-order chi connectivity index (χ1) is 10.3. The largest absolute Gasteiger partial charge is 0.476 e. The fraction of sp³-hybridized carbons (Fsp3) is 0. The predicted octanol–water partition coefficient (Wildman–Crippen LogP) is 2.90. The molecule has 3 aromatic heterocycles. The second kappa shape index (κ2) is 5.50. The molecule has 0 aromatic carbocycles. The van der Waals surface area contributed by atoms with Crippen molar-refractivity contribution in [1.29, 1.82) is 0 Å². The standard InChI is InChI=1S/C16H11N3O2/c20-16(21)15-13(6-3-9-19-15)14-12(5-2-8-18-14)11-4-1-7-17-10-11/h1-10H,(H,20,21). The first-order valence-electron chi connectivity index (χ1n) is 6.31. The maximum absolute atomic E-state index is 11.3. The van der Waals surface area contributed by atoms with Gasteiger partial charge in [-0.1, -0.05) is 12.1 Å². The van der Waals surface area contributed by atoms with E-state index in [-0.39, 0.29) is 5.69 Å². The van der Waals surface area contributed by atoms with E-state index in [1.165, 1.54) is 6.20 Å². The Morgan fingerprint density at radius 3 is 2.33 bits per heavy atom. The Kier molecular flexibility index (Phi) is 3.39. The summed E-state index contributed by atoms with van der Waals surface area (Å²) in [7, 11) is 0. The van der Waals surface area contributed by atoms with Crippen molar-refractivity contribution in [3.63, 3.8) is 0 Å². The Hall–Kier alpha value is -3.08. The number of carbonyl (C=O) groups is 1. The first kappa shape index (κ1) is 12.9. The summed E-state index contributed by atoms with van der Waals surface area (Å²) in [6.07, 6.45) is 6.50. The minimum absolute atomic E-state index is 0.0126. The van der Waals surface area contributed by atoms with Crippen LogP contribution in [0.1, 0.15) is 10.5 Å². The molecule has 3 heterocycles. The van der Waals surface area contributed by atoms with Crippen LogP contribution < -0.4 is 0 Å². The summed E-state index contributed by atoms with van der Waals surface area (Å²) in [5.41, 5.74) is 2.75. The summed E-state index contributed by atoms with van der Waals surface area (Å²) < 4.78 is 0. The van der Waals surface area contributed by atoms with Gasteiger partial charge in [0, 0.05) is 41.5 Å². The van der Waals surface area contributed by atoms with Gasteiger partial charge in [-0.05, 0) is 24.3 Å². The maximum Gasteiger partial charge on any atom is 0.355 e. The van der Waals surface area contributed by atoms with Crippen molar-refractivity contribution < 1.29 is 9.90 Å². The smallest absolute Gasteiger partial charge is 0.355 e. The lowest BCUT2D eigenvalue weighted by atomic mass is 9.99. The molecule has 0 fully saturated rings. The van der Waals surface area contributed by atoms with Gasteiger partial charge in [0.15, 0.2) is 5.69 Å². The van der Waals surface area contributed by atoms with Crippen LogP contribution in [0.5, 0.6) is 0 Å². The average molecular weight is 277 g/mol. The third-order valence-corrected chi connectivity index (χ3v) is 3.05. The third-order valence-electron chi connectivity index (χ3n) is 3.05. The maximum atomic E-state index is 11.3. The van der Waals surface area contributed by atoms with Gasteiger partial charge in [-0.3, -0.25) is 9.97 Å². The van der Waals surface area contributed by atoms with Gasteiger partial charge >= 0.3 is 5.97 Å². The number of carboxylic acids is 1. The van der Waals surface area contributed by atoms with E-state index in [4.69, 9.17) is 0 Å². The van der Waals surface area contributed by atoms with Crippen molar-refractivity contribution in [3.8, 4) is 22.4 Å². The van der Waals surface area contributed by atoms with Crippen LogP contribution in [0.25, 0.3) is 22.4 Å². The zero-order valence-corrected chi connectivity index (χ0v) is 11.0. The number of hydrogen-bond donors (Lipinski definition) is 1. The van der Waals surface area contributed by atoms with E-state index in [1.807, 2.05) is 24.3 Å². The molecule has 102 valence electrons. The van der Waals surface area contributed by atoms with Crippen molar-refractivity contribution in [2.75, 3.05) is 0 Å². The highest BCUT2D eigenvalue weighted by Gasteiger charge is 2.17. The number of aromatic nitrogens is 3. The Labute approximate surface area is 121 Å². The molecular weight excluding hydrogens is 266 g/mol. The van der Waals surface area contributed by atoms with Crippen LogP contribution in [0.4, 0.5) is 0 Å². The molecule has 0 aliphatic rings. The Bertz CT molecular complexity index is 788. The molecule has 0 spiro atoms. The van der Waals surface area contributed by atoms with Gasteiger partial charge in [-0.25, -0.2) is 9.78 Å². The van der Waals surface area contributed by atoms with Gasteiger partial charge in [0.25, 0.3) is 0 Å². The van der Waals surface area contributed by atoms with Gasteiger partial charge in [0.2, 0.25) is 0 Å². The van der Waals surface area contributed by atoms with E-state index in [1.54, 1.807) is 30.7 Å². The summed E-state index contributed by atoms with van der Waals surface area (Å²) in [4.78, 5) is 23.7. The van der Waals surface area contributed by atoms with Crippen LogP contribution in [0.15, 0.2) is 61.2 Å². The normalized spacial score (nSPS) is 10.3. The molecular formula is C16H11N3O2. The zero-order chi connectivity index (χ0) is 14.7. The zero-order valence-electron chi connectivity index (χ0n) is 11.0. The molecule has 5 nitrogen and oxygen atoms in total. The minimum Gasteiger partial charge on any atom is -0.476 e. The third kappa shape index (κ3) is 2.49. The Morgan fingerprint density at radius 1 is 0.905 bits per heavy atom. The van der Waals surface area contributed by atoms with Crippen LogP contribution >= 0.6 is 0 Å². The van der Waals surface area contributed by atoms with E-state index in [9.17, 15) is 9.90 Å². The predicted molar refractivity (Wildman–Crippen MR) is 77.7 cm³/mol. The molecule has 0 atom stereocenters. The molecule has 5 heteroatoms. The summed E-state index contributed by atoms with van der Waals surface area (Å²) in [5.74, 6) is -1.08. The van der Waals surface area contributed by atoms with Crippen molar-refractivity contribution in [3.05, 3.63) is 66.9 Å². The number of carboxylic acid groups (broad SMARTS) is 1. The molecule has 0 unspecified atom stereocenters. The first-order valence-corrected chi connectivity index (χ1v) is 6.31. The molecule has 1 N–H and O–H groups in total. The van der Waals surface area contributed by atoms with E-state index in [0.29, 0.717) is 11.3 Å². The summed E-state index contributed by atoms with van der Waals surface area (Å²) in [6.45, 7) is 0. The molecule has 0 bridgehead atoms. The molecule has 3 rings (SSSR count). The number of nitrogens with zero attached hydrogens (tertiary/aromatic N) is 3. The van der Waals surface area contributed by atoms with Crippen molar-refractivity contribution in [2.45, 2.75) is 0 Å². The lowest BCUT2D eigenvalue weighted by Crippen LogP contribution is -2.04. The van der Waals surface area contributed by atoms with E-state index < -0.39 is 5.97 Å². The number of rotatable bonds is 3. The summed E-state index contributed by atoms with van der Waals surface area (Å²) >= 11 is 0. The highest BCUT2D eigenvalue weighted by Crippen LogP contribution is 2.30. The molecule has 0 saturated carbocycles. The second-order valence-corrected chi connectivity index (χ2v) is 4.35. The molecule has 0 aliphatic carbocycles. The monoisotopic (exact) mass is 277 g/mol. The summed E-state index contributed by atoms with van der Waals surface area (Å²) in [5, 5.41) is 9.29. The van der Waals surface area contributed by atoms with Gasteiger partial charge in [0.05, 0.1) is 5.69 Å². The molecule has 3 aromatic rings. The number of pyridine rings is 3. The Morgan fingerprint density at radius 2 is 1.62 bits per heavy atom. The van der Waals surface area contributed by atoms with Gasteiger partial charge in [-0.2, -0.15) is 0 Å². The minimum atomic E-state index is -1.08. The second-order valence-electron chi connectivity index (χ2n) is 4.35. The van der Waals surface area contributed by atoms with E-state index >= 15 is 0 Å². The van der Waals surface area contributed by atoms with Crippen LogP contribution in [-0.2, 0) is 0 Å². The highest BCUT2D eigenvalue weighted by atomic mass is 16.4. The van der Waals surface area contributed by atoms with Gasteiger partial charge in [0.1, 0.15) is 0 Å². The molecule has 0 aliphatic heterocycles. The van der Waals surface area contributed by atoms with Gasteiger partial charge < -0.3 is 5.11 Å². The lowest BCUT2D eigenvalue weighted by Gasteiger charge is -2.10. The quantitative estimate of drug-likeness (QED) is 0.796. The topological polar surface area (TPSA) is 76.0 Å². The highest BCUT2D eigenvalue weighted by molar-refractivity contribution is 5.95. The summed E-state index contributed by atoms with van der Waals surface area (Å²) in [6, 6.07) is 10.8. The van der Waals surface area contributed by atoms with Crippen LogP contribution in [0, 0.1) is 0 Å². The molecule has 0 amide bonds.